The second kappa shape index (κ2) is 9.32. The summed E-state index contributed by atoms with van der Waals surface area (Å²) in [4.78, 5) is 14.6. The molecule has 0 aliphatic carbocycles. The zero-order valence-corrected chi connectivity index (χ0v) is 17.3. The predicted octanol–water partition coefficient (Wildman–Crippen LogP) is 4.50. The normalized spacial score (nSPS) is 11.7. The van der Waals surface area contributed by atoms with Crippen molar-refractivity contribution in [3.05, 3.63) is 66.2 Å². The van der Waals surface area contributed by atoms with E-state index in [2.05, 4.69) is 6.07 Å². The van der Waals surface area contributed by atoms with Crippen molar-refractivity contribution < 1.29 is 19.0 Å². The lowest BCUT2D eigenvalue weighted by atomic mass is 9.96. The molecule has 0 heterocycles. The molecule has 0 saturated heterocycles. The Bertz CT molecular complexity index is 968. The van der Waals surface area contributed by atoms with E-state index in [9.17, 15) is 4.79 Å². The molecule has 5 heteroatoms. The minimum atomic E-state index is -0.229. The lowest BCUT2D eigenvalue weighted by Crippen LogP contribution is -2.34. The number of methoxy groups -OCH3 is 2. The maximum absolute atomic E-state index is 12.8. The van der Waals surface area contributed by atoms with Gasteiger partial charge in [0.1, 0.15) is 23.9 Å². The Balaban J connectivity index is 1.58. The minimum Gasteiger partial charge on any atom is -0.497 e. The van der Waals surface area contributed by atoms with E-state index in [0.29, 0.717) is 13.2 Å². The molecule has 3 aromatic rings. The Labute approximate surface area is 171 Å². The largest absolute Gasteiger partial charge is 0.497 e. The maximum atomic E-state index is 12.8. The van der Waals surface area contributed by atoms with Gasteiger partial charge in [0.25, 0.3) is 0 Å². The summed E-state index contributed by atoms with van der Waals surface area (Å²) in [6, 6.07) is 19.5. The third kappa shape index (κ3) is 4.99. The van der Waals surface area contributed by atoms with E-state index in [-0.39, 0.29) is 11.8 Å². The molecular formula is C24H27NO4. The molecule has 152 valence electrons. The zero-order valence-electron chi connectivity index (χ0n) is 17.3. The van der Waals surface area contributed by atoms with Crippen molar-refractivity contribution in [2.75, 3.05) is 34.4 Å². The van der Waals surface area contributed by atoms with Crippen LogP contribution >= 0.6 is 0 Å². The maximum Gasteiger partial charge on any atom is 0.229 e. The van der Waals surface area contributed by atoms with Gasteiger partial charge in [-0.2, -0.15) is 0 Å². The average molecular weight is 393 g/mol. The second-order valence-electron chi connectivity index (χ2n) is 6.98. The number of ether oxygens (including phenoxy) is 3. The van der Waals surface area contributed by atoms with Crippen LogP contribution in [0.2, 0.25) is 0 Å². The van der Waals surface area contributed by atoms with E-state index in [4.69, 9.17) is 14.2 Å². The number of hydrogen-bond acceptors (Lipinski definition) is 4. The van der Waals surface area contributed by atoms with Crippen molar-refractivity contribution in [1.82, 2.24) is 4.90 Å². The third-order valence-corrected chi connectivity index (χ3v) is 5.07. The van der Waals surface area contributed by atoms with Crippen molar-refractivity contribution in [1.29, 1.82) is 0 Å². The van der Waals surface area contributed by atoms with Gasteiger partial charge in [-0.25, -0.2) is 0 Å². The molecule has 0 bridgehead atoms. The summed E-state index contributed by atoms with van der Waals surface area (Å²) in [6.45, 7) is 2.88. The first-order valence-electron chi connectivity index (χ1n) is 9.61. The van der Waals surface area contributed by atoms with Crippen LogP contribution in [0.1, 0.15) is 18.4 Å². The van der Waals surface area contributed by atoms with Crippen molar-refractivity contribution in [3.8, 4) is 17.2 Å². The van der Waals surface area contributed by atoms with Crippen LogP contribution < -0.4 is 14.2 Å². The van der Waals surface area contributed by atoms with E-state index in [0.717, 1.165) is 33.6 Å². The molecule has 0 radical (unpaired) electrons. The fraction of sp³-hybridized carbons (Fsp3) is 0.292. The number of amides is 1. The Morgan fingerprint density at radius 3 is 2.14 bits per heavy atom. The number of carbonyl (C=O) groups excluding carboxylic acids is 1. The number of benzene rings is 3. The van der Waals surface area contributed by atoms with Gasteiger partial charge < -0.3 is 19.1 Å². The molecule has 0 aliphatic heterocycles. The van der Waals surface area contributed by atoms with Crippen LogP contribution in [0.25, 0.3) is 10.8 Å². The standard InChI is InChI=1S/C24H27NO4/c1-17(18-5-6-20-16-23(28-4)8-7-19(20)15-18)24(26)25(2)13-14-29-22-11-9-21(27-3)10-12-22/h5-12,15-17H,13-14H2,1-4H3/t17-/m0/s1. The van der Waals surface area contributed by atoms with Crippen molar-refractivity contribution in [3.63, 3.8) is 0 Å². The summed E-state index contributed by atoms with van der Waals surface area (Å²) < 4.78 is 16.1. The molecule has 29 heavy (non-hydrogen) atoms. The van der Waals surface area contributed by atoms with Gasteiger partial charge in [0.15, 0.2) is 0 Å². The van der Waals surface area contributed by atoms with Gasteiger partial charge in [-0.15, -0.1) is 0 Å². The Kier molecular flexibility index (Phi) is 6.60. The molecule has 1 amide bonds. The highest BCUT2D eigenvalue weighted by Gasteiger charge is 2.19. The summed E-state index contributed by atoms with van der Waals surface area (Å²) in [5, 5.41) is 2.18. The smallest absolute Gasteiger partial charge is 0.229 e. The van der Waals surface area contributed by atoms with Gasteiger partial charge in [-0.05, 0) is 59.7 Å². The van der Waals surface area contributed by atoms with E-state index < -0.39 is 0 Å². The summed E-state index contributed by atoms with van der Waals surface area (Å²) in [7, 11) is 5.09. The first-order valence-corrected chi connectivity index (χ1v) is 9.61. The fourth-order valence-corrected chi connectivity index (χ4v) is 3.19. The van der Waals surface area contributed by atoms with Crippen molar-refractivity contribution >= 4 is 16.7 Å². The summed E-state index contributed by atoms with van der Waals surface area (Å²) in [5.41, 5.74) is 0.996. The third-order valence-electron chi connectivity index (χ3n) is 5.07. The van der Waals surface area contributed by atoms with E-state index in [1.807, 2.05) is 68.6 Å². The van der Waals surface area contributed by atoms with E-state index >= 15 is 0 Å². The number of likely N-dealkylation sites (N-methyl/N-ethyl adjacent to an activating group) is 1. The molecular weight excluding hydrogens is 366 g/mol. The highest BCUT2D eigenvalue weighted by molar-refractivity contribution is 5.88. The SMILES string of the molecule is COc1ccc(OCCN(C)C(=O)[C@@H](C)c2ccc3cc(OC)ccc3c2)cc1. The lowest BCUT2D eigenvalue weighted by Gasteiger charge is -2.22. The highest BCUT2D eigenvalue weighted by atomic mass is 16.5. The molecule has 0 fully saturated rings. The summed E-state index contributed by atoms with van der Waals surface area (Å²) >= 11 is 0. The van der Waals surface area contributed by atoms with Gasteiger partial charge in [-0.3, -0.25) is 4.79 Å². The Morgan fingerprint density at radius 2 is 1.45 bits per heavy atom. The van der Waals surface area contributed by atoms with Gasteiger partial charge >= 0.3 is 0 Å². The summed E-state index contributed by atoms with van der Waals surface area (Å²) in [5.74, 6) is 2.20. The lowest BCUT2D eigenvalue weighted by molar-refractivity contribution is -0.131. The molecule has 5 nitrogen and oxygen atoms in total. The quantitative estimate of drug-likeness (QED) is 0.565. The van der Waals surface area contributed by atoms with Crippen LogP contribution in [0.5, 0.6) is 17.2 Å². The van der Waals surface area contributed by atoms with Crippen LogP contribution in [-0.4, -0.2) is 45.2 Å². The number of nitrogens with zero attached hydrogens (tertiary/aromatic N) is 1. The monoisotopic (exact) mass is 393 g/mol. The van der Waals surface area contributed by atoms with Gasteiger partial charge in [0.2, 0.25) is 5.91 Å². The number of fused-ring (bicyclic) bond motifs is 1. The molecule has 1 atom stereocenters. The number of hydrogen-bond donors (Lipinski definition) is 0. The molecule has 0 spiro atoms. The number of rotatable bonds is 8. The molecule has 3 rings (SSSR count). The topological polar surface area (TPSA) is 48.0 Å². The van der Waals surface area contributed by atoms with Crippen LogP contribution in [0.15, 0.2) is 60.7 Å². The Hall–Kier alpha value is -3.21. The van der Waals surface area contributed by atoms with Crippen LogP contribution in [0.3, 0.4) is 0 Å². The number of carbonyl (C=O) groups is 1. The Morgan fingerprint density at radius 1 is 0.862 bits per heavy atom. The second-order valence-corrected chi connectivity index (χ2v) is 6.98. The zero-order chi connectivity index (χ0) is 20.8. The first-order chi connectivity index (χ1) is 14.0. The molecule has 0 aliphatic rings. The van der Waals surface area contributed by atoms with Crippen molar-refractivity contribution in [2.45, 2.75) is 12.8 Å². The minimum absolute atomic E-state index is 0.0659. The van der Waals surface area contributed by atoms with E-state index in [1.54, 1.807) is 19.1 Å². The average Bonchev–Trinajstić information content (AvgIpc) is 2.77. The summed E-state index contributed by atoms with van der Waals surface area (Å²) in [6.07, 6.45) is 0. The van der Waals surface area contributed by atoms with E-state index in [1.165, 1.54) is 0 Å². The predicted molar refractivity (Wildman–Crippen MR) is 115 cm³/mol. The first kappa shape index (κ1) is 20.5. The van der Waals surface area contributed by atoms with Gasteiger partial charge in [0.05, 0.1) is 26.7 Å². The molecule has 0 N–H and O–H groups in total. The van der Waals surface area contributed by atoms with Gasteiger partial charge in [0, 0.05) is 7.05 Å². The van der Waals surface area contributed by atoms with Gasteiger partial charge in [-0.1, -0.05) is 24.3 Å². The molecule has 0 saturated carbocycles. The van der Waals surface area contributed by atoms with Crippen LogP contribution in [-0.2, 0) is 4.79 Å². The highest BCUT2D eigenvalue weighted by Crippen LogP contribution is 2.26. The van der Waals surface area contributed by atoms with Crippen LogP contribution in [0.4, 0.5) is 0 Å². The fourth-order valence-electron chi connectivity index (χ4n) is 3.19. The van der Waals surface area contributed by atoms with Crippen molar-refractivity contribution in [2.24, 2.45) is 0 Å². The van der Waals surface area contributed by atoms with Crippen LogP contribution in [0, 0.1) is 0 Å². The molecule has 0 aromatic heterocycles. The molecule has 0 unspecified atom stereocenters. The molecule has 3 aromatic carbocycles.